The van der Waals surface area contributed by atoms with Gasteiger partial charge in [0, 0.05) is 5.56 Å². The number of ether oxygens (including phenoxy) is 2. The van der Waals surface area contributed by atoms with E-state index in [1.165, 1.54) is 18.2 Å². The molecule has 8 heteroatoms. The van der Waals surface area contributed by atoms with E-state index >= 15 is 0 Å². The minimum atomic E-state index is -1.48. The van der Waals surface area contributed by atoms with Crippen LogP contribution in [0.5, 0.6) is 5.75 Å². The summed E-state index contributed by atoms with van der Waals surface area (Å²) in [6.45, 7) is 14.4. The Morgan fingerprint density at radius 2 is 1.89 bits per heavy atom. The molecule has 28 heavy (non-hydrogen) atoms. The molecule has 0 bridgehead atoms. The van der Waals surface area contributed by atoms with Crippen molar-refractivity contribution in [2.75, 3.05) is 6.54 Å². The van der Waals surface area contributed by atoms with Crippen LogP contribution in [0, 0.1) is 5.82 Å². The van der Waals surface area contributed by atoms with Gasteiger partial charge in [-0.15, -0.1) is 0 Å². The predicted octanol–water partition coefficient (Wildman–Crippen LogP) is 4.39. The number of nitrogens with zero attached hydrogens (tertiary/aromatic N) is 1. The topological polar surface area (TPSA) is 83.0 Å². The zero-order chi connectivity index (χ0) is 21.7. The SMILES string of the molecule is C/C(=N\[S@+]([O-])C(C)(C)C)c1cc(F)ccc1O[C@@H](C)CNC(=O)OC(C)(C)C. The number of carbonyl (C=O) groups is 1. The molecule has 1 aromatic carbocycles. The number of carbonyl (C=O) groups excluding carboxylic acids is 1. The van der Waals surface area contributed by atoms with Crippen LogP contribution in [0.2, 0.25) is 0 Å². The maximum atomic E-state index is 13.8. The van der Waals surface area contributed by atoms with E-state index in [-0.39, 0.29) is 6.54 Å². The second-order valence-corrected chi connectivity index (χ2v) is 10.4. The fraction of sp³-hybridized carbons (Fsp3) is 0.600. The highest BCUT2D eigenvalue weighted by atomic mass is 32.2. The molecule has 6 nitrogen and oxygen atoms in total. The molecule has 1 N–H and O–H groups in total. The number of benzene rings is 1. The van der Waals surface area contributed by atoms with Gasteiger partial charge in [0.05, 0.1) is 12.3 Å². The molecule has 0 radical (unpaired) electrons. The van der Waals surface area contributed by atoms with E-state index in [1.54, 1.807) is 34.6 Å². The third kappa shape index (κ3) is 8.48. The lowest BCUT2D eigenvalue weighted by Crippen LogP contribution is -2.37. The Labute approximate surface area is 170 Å². The average Bonchev–Trinajstić information content (AvgIpc) is 2.52. The Bertz CT molecular complexity index is 711. The Kier molecular flexibility index (Phi) is 8.31. The highest BCUT2D eigenvalue weighted by Crippen LogP contribution is 2.24. The van der Waals surface area contributed by atoms with Crippen molar-refractivity contribution < 1.29 is 23.2 Å². The van der Waals surface area contributed by atoms with E-state index in [2.05, 4.69) is 9.71 Å². The van der Waals surface area contributed by atoms with Gasteiger partial charge >= 0.3 is 6.09 Å². The molecule has 0 aromatic heterocycles. The average molecular weight is 415 g/mol. The maximum absolute atomic E-state index is 13.8. The summed E-state index contributed by atoms with van der Waals surface area (Å²) in [5.74, 6) is -0.0509. The van der Waals surface area contributed by atoms with Gasteiger partial charge in [-0.05, 0) is 73.6 Å². The second kappa shape index (κ2) is 9.60. The molecule has 0 fully saturated rings. The van der Waals surface area contributed by atoms with Crippen molar-refractivity contribution in [1.82, 2.24) is 5.32 Å². The van der Waals surface area contributed by atoms with Crippen molar-refractivity contribution in [3.8, 4) is 5.75 Å². The van der Waals surface area contributed by atoms with Crippen LogP contribution in [-0.4, -0.2) is 39.4 Å². The van der Waals surface area contributed by atoms with Crippen LogP contribution >= 0.6 is 0 Å². The number of nitrogens with one attached hydrogen (secondary N) is 1. The minimum absolute atomic E-state index is 0.204. The predicted molar refractivity (Wildman–Crippen MR) is 111 cm³/mol. The third-order valence-corrected chi connectivity index (χ3v) is 4.82. The third-order valence-electron chi connectivity index (χ3n) is 3.34. The van der Waals surface area contributed by atoms with Gasteiger partial charge in [-0.3, -0.25) is 0 Å². The Hall–Kier alpha value is -1.80. The van der Waals surface area contributed by atoms with Gasteiger partial charge in [0.15, 0.2) is 0 Å². The van der Waals surface area contributed by atoms with Crippen LogP contribution in [0.15, 0.2) is 22.6 Å². The molecule has 0 spiro atoms. The fourth-order valence-corrected chi connectivity index (χ4v) is 2.62. The van der Waals surface area contributed by atoms with Crippen LogP contribution in [0.1, 0.15) is 61.0 Å². The standard InChI is InChI=1S/C20H31FN2O4S/c1-13(12-22-18(24)27-19(3,4)5)26-17-10-9-15(21)11-16(17)14(2)23-28(25)20(6,7)8/h9-11,13H,12H2,1-8H3,(H,22,24)/b23-14+/t13-,28+/m0/s1. The van der Waals surface area contributed by atoms with Crippen LogP contribution in [0.4, 0.5) is 9.18 Å². The summed E-state index contributed by atoms with van der Waals surface area (Å²) in [7, 11) is 0. The van der Waals surface area contributed by atoms with Gasteiger partial charge in [-0.1, -0.05) is 4.40 Å². The smallest absolute Gasteiger partial charge is 0.407 e. The van der Waals surface area contributed by atoms with Gasteiger partial charge < -0.3 is 19.3 Å². The van der Waals surface area contributed by atoms with Crippen molar-refractivity contribution in [3.05, 3.63) is 29.6 Å². The van der Waals surface area contributed by atoms with Gasteiger partial charge in [-0.2, -0.15) is 0 Å². The number of halogens is 1. The number of hydrogen-bond acceptors (Lipinski definition) is 5. The molecule has 0 aliphatic carbocycles. The number of rotatable bonds is 6. The maximum Gasteiger partial charge on any atom is 0.407 e. The molecular weight excluding hydrogens is 383 g/mol. The van der Waals surface area contributed by atoms with E-state index in [1.807, 2.05) is 20.8 Å². The van der Waals surface area contributed by atoms with Crippen LogP contribution < -0.4 is 10.1 Å². The fourth-order valence-electron chi connectivity index (χ4n) is 2.00. The number of hydrogen-bond donors (Lipinski definition) is 1. The van der Waals surface area contributed by atoms with Crippen molar-refractivity contribution in [2.45, 2.75) is 71.8 Å². The molecule has 0 heterocycles. The highest BCUT2D eigenvalue weighted by Gasteiger charge is 2.27. The van der Waals surface area contributed by atoms with E-state index < -0.39 is 39.7 Å². The van der Waals surface area contributed by atoms with Crippen LogP contribution in [0.3, 0.4) is 0 Å². The molecule has 0 aliphatic heterocycles. The number of alkyl carbamates (subject to hydrolysis) is 1. The first-order chi connectivity index (χ1) is 12.7. The first-order valence-electron chi connectivity index (χ1n) is 9.10. The Balaban J connectivity index is 2.89. The summed E-state index contributed by atoms with van der Waals surface area (Å²) >= 11 is -1.48. The summed E-state index contributed by atoms with van der Waals surface area (Å²) in [5, 5.41) is 2.63. The van der Waals surface area contributed by atoms with E-state index in [0.29, 0.717) is 17.0 Å². The van der Waals surface area contributed by atoms with E-state index in [9.17, 15) is 13.7 Å². The van der Waals surface area contributed by atoms with Gasteiger partial charge in [-0.25, -0.2) is 9.18 Å². The van der Waals surface area contributed by atoms with Gasteiger partial charge in [0.25, 0.3) is 0 Å². The first kappa shape index (κ1) is 24.2. The lowest BCUT2D eigenvalue weighted by atomic mass is 10.1. The summed E-state index contributed by atoms with van der Waals surface area (Å²) in [6, 6.07) is 4.07. The Morgan fingerprint density at radius 1 is 1.29 bits per heavy atom. The van der Waals surface area contributed by atoms with Crippen LogP contribution in [-0.2, 0) is 16.1 Å². The normalized spacial score (nSPS) is 15.0. The molecule has 0 unspecified atom stereocenters. The summed E-state index contributed by atoms with van der Waals surface area (Å²) in [6.07, 6.45) is -0.946. The van der Waals surface area contributed by atoms with Crippen molar-refractivity contribution >= 4 is 23.2 Å². The molecule has 158 valence electrons. The van der Waals surface area contributed by atoms with Crippen molar-refractivity contribution in [2.24, 2.45) is 4.40 Å². The van der Waals surface area contributed by atoms with Gasteiger partial charge in [0.2, 0.25) is 0 Å². The molecular formula is C20H31FN2O4S. The lowest BCUT2D eigenvalue weighted by molar-refractivity contribution is 0.0505. The molecule has 0 saturated heterocycles. The molecule has 0 aliphatic rings. The summed E-state index contributed by atoms with van der Waals surface area (Å²) < 4.78 is 40.8. The quantitative estimate of drug-likeness (QED) is 0.553. The largest absolute Gasteiger partial charge is 0.591 e. The van der Waals surface area contributed by atoms with E-state index in [4.69, 9.17) is 9.47 Å². The summed E-state index contributed by atoms with van der Waals surface area (Å²) in [4.78, 5) is 11.8. The van der Waals surface area contributed by atoms with E-state index in [0.717, 1.165) is 0 Å². The zero-order valence-corrected chi connectivity index (χ0v) is 18.7. The van der Waals surface area contributed by atoms with Gasteiger partial charge in [0.1, 0.15) is 39.4 Å². The minimum Gasteiger partial charge on any atom is -0.591 e. The van der Waals surface area contributed by atoms with Crippen molar-refractivity contribution in [1.29, 1.82) is 0 Å². The van der Waals surface area contributed by atoms with Crippen molar-refractivity contribution in [3.63, 3.8) is 0 Å². The zero-order valence-electron chi connectivity index (χ0n) is 17.9. The highest BCUT2D eigenvalue weighted by molar-refractivity contribution is 7.91. The Morgan fingerprint density at radius 3 is 2.43 bits per heavy atom. The first-order valence-corrected chi connectivity index (χ1v) is 10.2. The monoisotopic (exact) mass is 414 g/mol. The van der Waals surface area contributed by atoms with Crippen LogP contribution in [0.25, 0.3) is 0 Å². The summed E-state index contributed by atoms with van der Waals surface area (Å²) in [5.41, 5.74) is 0.242. The second-order valence-electron chi connectivity index (χ2n) is 8.49. The number of amides is 1. The molecule has 0 saturated carbocycles. The molecule has 2 atom stereocenters. The molecule has 1 amide bonds. The lowest BCUT2D eigenvalue weighted by Gasteiger charge is -2.22. The molecule has 1 aromatic rings. The molecule has 1 rings (SSSR count).